The molecule has 0 radical (unpaired) electrons. The molecule has 0 heterocycles. The molecule has 0 aromatic heterocycles. The Morgan fingerprint density at radius 3 is 2.50 bits per heavy atom. The number of alkyl carbamates (subject to hydrolysis) is 1. The summed E-state index contributed by atoms with van der Waals surface area (Å²) < 4.78 is 15.6. The summed E-state index contributed by atoms with van der Waals surface area (Å²) in [5, 5.41) is 2.82. The Morgan fingerprint density at radius 1 is 1.11 bits per heavy atom. The molecular formula is C22H33NO5. The minimum Gasteiger partial charge on any atom is -0.490 e. The minimum absolute atomic E-state index is 0.0721. The summed E-state index contributed by atoms with van der Waals surface area (Å²) >= 11 is 0. The van der Waals surface area contributed by atoms with Gasteiger partial charge in [0.25, 0.3) is 0 Å². The van der Waals surface area contributed by atoms with Gasteiger partial charge in [-0.1, -0.05) is 39.0 Å². The first-order valence-electron chi connectivity index (χ1n) is 9.87. The molecule has 0 spiro atoms. The van der Waals surface area contributed by atoms with Gasteiger partial charge in [0.15, 0.2) is 0 Å². The fourth-order valence-corrected chi connectivity index (χ4v) is 4.61. The van der Waals surface area contributed by atoms with Gasteiger partial charge >= 0.3 is 12.1 Å². The predicted octanol–water partition coefficient (Wildman–Crippen LogP) is 4.19. The molecule has 28 heavy (non-hydrogen) atoms. The standard InChI is InChI=1S/C22H33NO5/c1-21(2)13-17(14-22(3,15-21)16-23-20(25)26-4)12-19(24)28-11-10-27-18-8-6-5-7-9-18/h5-9,17H,10-16H2,1-4H3,(H,23,25). The van der Waals surface area contributed by atoms with E-state index < -0.39 is 6.09 Å². The smallest absolute Gasteiger partial charge is 0.406 e. The van der Waals surface area contributed by atoms with E-state index in [0.717, 1.165) is 25.0 Å². The molecule has 6 nitrogen and oxygen atoms in total. The number of nitrogens with one attached hydrogen (secondary N) is 1. The molecule has 1 aliphatic rings. The van der Waals surface area contributed by atoms with Crippen molar-refractivity contribution in [2.75, 3.05) is 26.9 Å². The van der Waals surface area contributed by atoms with Gasteiger partial charge in [-0.05, 0) is 48.1 Å². The lowest BCUT2D eigenvalue weighted by atomic mass is 9.60. The Balaban J connectivity index is 1.79. The number of benzene rings is 1. The molecule has 1 aliphatic carbocycles. The number of hydrogen-bond acceptors (Lipinski definition) is 5. The summed E-state index contributed by atoms with van der Waals surface area (Å²) in [5.41, 5.74) is 0.0312. The average Bonchev–Trinajstić information content (AvgIpc) is 2.62. The monoisotopic (exact) mass is 391 g/mol. The topological polar surface area (TPSA) is 73.9 Å². The highest BCUT2D eigenvalue weighted by Gasteiger charge is 2.42. The van der Waals surface area contributed by atoms with Crippen LogP contribution in [0.15, 0.2) is 30.3 Å². The number of hydrogen-bond donors (Lipinski definition) is 1. The number of carbonyl (C=O) groups is 2. The van der Waals surface area contributed by atoms with Crippen LogP contribution in [-0.2, 0) is 14.3 Å². The molecule has 1 aromatic carbocycles. The van der Waals surface area contributed by atoms with Crippen LogP contribution in [-0.4, -0.2) is 38.9 Å². The first kappa shape index (κ1) is 22.1. The highest BCUT2D eigenvalue weighted by molar-refractivity contribution is 5.69. The summed E-state index contributed by atoms with van der Waals surface area (Å²) in [7, 11) is 1.36. The molecule has 0 bridgehead atoms. The lowest BCUT2D eigenvalue weighted by Crippen LogP contribution is -2.44. The van der Waals surface area contributed by atoms with Crippen molar-refractivity contribution >= 4 is 12.1 Å². The number of carbonyl (C=O) groups excluding carboxylic acids is 2. The number of methoxy groups -OCH3 is 1. The highest BCUT2D eigenvalue weighted by atomic mass is 16.6. The third kappa shape index (κ3) is 7.41. The highest BCUT2D eigenvalue weighted by Crippen LogP contribution is 2.49. The number of esters is 1. The second-order valence-corrected chi connectivity index (χ2v) is 8.86. The number of amides is 1. The zero-order valence-corrected chi connectivity index (χ0v) is 17.5. The Labute approximate surface area is 167 Å². The van der Waals surface area contributed by atoms with Gasteiger partial charge < -0.3 is 19.5 Å². The molecule has 1 aromatic rings. The molecule has 2 unspecified atom stereocenters. The van der Waals surface area contributed by atoms with Crippen molar-refractivity contribution in [1.29, 1.82) is 0 Å². The molecule has 1 saturated carbocycles. The quantitative estimate of drug-likeness (QED) is 0.531. The molecule has 156 valence electrons. The fraction of sp³-hybridized carbons (Fsp3) is 0.636. The van der Waals surface area contributed by atoms with Crippen LogP contribution >= 0.6 is 0 Å². The lowest BCUT2D eigenvalue weighted by Gasteiger charge is -2.46. The normalized spacial score (nSPS) is 23.5. The minimum atomic E-state index is -0.418. The van der Waals surface area contributed by atoms with Crippen molar-refractivity contribution in [3.63, 3.8) is 0 Å². The zero-order valence-electron chi connectivity index (χ0n) is 17.5. The van der Waals surface area contributed by atoms with Crippen LogP contribution in [0, 0.1) is 16.7 Å². The summed E-state index contributed by atoms with van der Waals surface area (Å²) in [6.45, 7) is 7.72. The van der Waals surface area contributed by atoms with Crippen molar-refractivity contribution in [1.82, 2.24) is 5.32 Å². The van der Waals surface area contributed by atoms with Gasteiger partial charge in [-0.25, -0.2) is 4.79 Å². The Hall–Kier alpha value is -2.24. The van der Waals surface area contributed by atoms with E-state index >= 15 is 0 Å². The second kappa shape index (κ2) is 9.80. The van der Waals surface area contributed by atoms with E-state index in [0.29, 0.717) is 19.6 Å². The van der Waals surface area contributed by atoms with Crippen molar-refractivity contribution in [2.24, 2.45) is 16.7 Å². The van der Waals surface area contributed by atoms with Gasteiger partial charge in [0.1, 0.15) is 19.0 Å². The van der Waals surface area contributed by atoms with E-state index in [9.17, 15) is 9.59 Å². The zero-order chi connectivity index (χ0) is 20.6. The van der Waals surface area contributed by atoms with Gasteiger partial charge in [0.2, 0.25) is 0 Å². The van der Waals surface area contributed by atoms with Crippen LogP contribution in [0.3, 0.4) is 0 Å². The maximum absolute atomic E-state index is 12.3. The third-order valence-corrected chi connectivity index (χ3v) is 5.19. The largest absolute Gasteiger partial charge is 0.490 e. The molecule has 1 N–H and O–H groups in total. The molecule has 2 atom stereocenters. The molecular weight excluding hydrogens is 358 g/mol. The van der Waals surface area contributed by atoms with Crippen molar-refractivity contribution < 1.29 is 23.8 Å². The summed E-state index contributed by atoms with van der Waals surface area (Å²) in [5.74, 6) is 0.805. The SMILES string of the molecule is COC(=O)NCC1(C)CC(CC(=O)OCCOc2ccccc2)CC(C)(C)C1. The van der Waals surface area contributed by atoms with E-state index in [1.54, 1.807) is 0 Å². The van der Waals surface area contributed by atoms with E-state index in [1.165, 1.54) is 7.11 Å². The number of para-hydroxylation sites is 1. The van der Waals surface area contributed by atoms with Crippen molar-refractivity contribution in [3.05, 3.63) is 30.3 Å². The molecule has 1 amide bonds. The summed E-state index contributed by atoms with van der Waals surface area (Å²) in [6.07, 6.45) is 2.80. The maximum Gasteiger partial charge on any atom is 0.406 e. The van der Waals surface area contributed by atoms with Crippen LogP contribution in [0.5, 0.6) is 5.75 Å². The molecule has 1 fully saturated rings. The van der Waals surface area contributed by atoms with Crippen LogP contribution in [0.1, 0.15) is 46.5 Å². The van der Waals surface area contributed by atoms with E-state index in [4.69, 9.17) is 9.47 Å². The predicted molar refractivity (Wildman–Crippen MR) is 107 cm³/mol. The third-order valence-electron chi connectivity index (χ3n) is 5.19. The fourth-order valence-electron chi connectivity index (χ4n) is 4.61. The Kier molecular flexibility index (Phi) is 7.72. The summed E-state index contributed by atoms with van der Waals surface area (Å²) in [4.78, 5) is 23.7. The van der Waals surface area contributed by atoms with Gasteiger partial charge in [0.05, 0.1) is 7.11 Å². The van der Waals surface area contributed by atoms with Crippen LogP contribution < -0.4 is 10.1 Å². The molecule has 2 rings (SSSR count). The summed E-state index contributed by atoms with van der Waals surface area (Å²) in [6, 6.07) is 9.47. The first-order chi connectivity index (χ1) is 13.2. The molecule has 0 aliphatic heterocycles. The Bertz CT molecular complexity index is 646. The number of ether oxygens (including phenoxy) is 3. The van der Waals surface area contributed by atoms with Crippen LogP contribution in [0.2, 0.25) is 0 Å². The van der Waals surface area contributed by atoms with Gasteiger partial charge in [-0.15, -0.1) is 0 Å². The number of rotatable bonds is 8. The van der Waals surface area contributed by atoms with Crippen molar-refractivity contribution in [2.45, 2.75) is 46.5 Å². The Morgan fingerprint density at radius 2 is 1.82 bits per heavy atom. The van der Waals surface area contributed by atoms with E-state index in [2.05, 4.69) is 30.8 Å². The lowest BCUT2D eigenvalue weighted by molar-refractivity contribution is -0.146. The van der Waals surface area contributed by atoms with Crippen molar-refractivity contribution in [3.8, 4) is 5.75 Å². The average molecular weight is 392 g/mol. The maximum atomic E-state index is 12.3. The van der Waals surface area contributed by atoms with E-state index in [1.807, 2.05) is 30.3 Å². The molecule has 0 saturated heterocycles. The first-order valence-corrected chi connectivity index (χ1v) is 9.87. The second-order valence-electron chi connectivity index (χ2n) is 8.86. The van der Waals surface area contributed by atoms with Gasteiger partial charge in [0, 0.05) is 13.0 Å². The molecule has 6 heteroatoms. The van der Waals surface area contributed by atoms with Crippen LogP contribution in [0.4, 0.5) is 4.79 Å². The van der Waals surface area contributed by atoms with Gasteiger partial charge in [-0.3, -0.25) is 4.79 Å². The van der Waals surface area contributed by atoms with E-state index in [-0.39, 0.29) is 29.3 Å². The van der Waals surface area contributed by atoms with Crippen LogP contribution in [0.25, 0.3) is 0 Å². The van der Waals surface area contributed by atoms with Gasteiger partial charge in [-0.2, -0.15) is 0 Å².